The fraction of sp³-hybridized carbons (Fsp3) is 0.158. The molecule has 0 atom stereocenters. The zero-order valence-corrected chi connectivity index (χ0v) is 14.7. The molecular weight excluding hydrogens is 318 g/mol. The number of anilines is 1. The highest BCUT2D eigenvalue weighted by atomic mass is 32.1. The second-order valence-electron chi connectivity index (χ2n) is 5.73. The number of thiocarbonyl (C=S) groups is 1. The van der Waals surface area contributed by atoms with Gasteiger partial charge in [-0.25, -0.2) is 0 Å². The number of rotatable bonds is 3. The maximum Gasteiger partial charge on any atom is 0.191 e. The van der Waals surface area contributed by atoms with E-state index in [2.05, 4.69) is 34.0 Å². The first-order chi connectivity index (χ1) is 11.5. The molecule has 5 heteroatoms. The van der Waals surface area contributed by atoms with Gasteiger partial charge >= 0.3 is 0 Å². The van der Waals surface area contributed by atoms with E-state index in [4.69, 9.17) is 16.6 Å². The summed E-state index contributed by atoms with van der Waals surface area (Å²) in [5, 5.41) is 8.97. The Balaban J connectivity index is 1.70. The van der Waals surface area contributed by atoms with Crippen LogP contribution in [0.1, 0.15) is 23.8 Å². The van der Waals surface area contributed by atoms with Crippen LogP contribution in [0.25, 0.3) is 11.0 Å². The molecule has 0 saturated heterocycles. The van der Waals surface area contributed by atoms with E-state index >= 15 is 0 Å². The maximum absolute atomic E-state index is 5.78. The Bertz CT molecular complexity index is 894. The number of furan rings is 1. The first-order valence-electron chi connectivity index (χ1n) is 7.70. The van der Waals surface area contributed by atoms with E-state index in [1.165, 1.54) is 5.56 Å². The predicted octanol–water partition coefficient (Wildman–Crippen LogP) is 4.76. The molecule has 0 radical (unpaired) electrons. The predicted molar refractivity (Wildman–Crippen MR) is 104 cm³/mol. The van der Waals surface area contributed by atoms with Crippen LogP contribution in [0, 0.1) is 13.8 Å². The van der Waals surface area contributed by atoms with Gasteiger partial charge in [0, 0.05) is 11.1 Å². The normalized spacial score (nSPS) is 11.5. The van der Waals surface area contributed by atoms with Gasteiger partial charge in [-0.1, -0.05) is 30.3 Å². The van der Waals surface area contributed by atoms with Gasteiger partial charge in [-0.3, -0.25) is 5.43 Å². The van der Waals surface area contributed by atoms with Gasteiger partial charge in [0.25, 0.3) is 0 Å². The molecule has 0 unspecified atom stereocenters. The summed E-state index contributed by atoms with van der Waals surface area (Å²) in [6.45, 7) is 5.96. The van der Waals surface area contributed by atoms with Crippen LogP contribution in [0.3, 0.4) is 0 Å². The summed E-state index contributed by atoms with van der Waals surface area (Å²) in [5.74, 6) is 0.721. The van der Waals surface area contributed by atoms with E-state index in [0.717, 1.165) is 33.7 Å². The van der Waals surface area contributed by atoms with Gasteiger partial charge in [0.2, 0.25) is 0 Å². The van der Waals surface area contributed by atoms with Crippen molar-refractivity contribution < 1.29 is 4.42 Å². The molecular formula is C19H19N3OS. The molecule has 1 aromatic heterocycles. The second kappa shape index (κ2) is 6.84. The van der Waals surface area contributed by atoms with Crippen molar-refractivity contribution in [3.05, 3.63) is 65.4 Å². The van der Waals surface area contributed by atoms with Gasteiger partial charge in [0.15, 0.2) is 10.9 Å². The van der Waals surface area contributed by atoms with Crippen molar-refractivity contribution >= 4 is 39.7 Å². The Morgan fingerprint density at radius 1 is 1.08 bits per heavy atom. The van der Waals surface area contributed by atoms with Gasteiger partial charge < -0.3 is 9.73 Å². The van der Waals surface area contributed by atoms with Gasteiger partial charge in [-0.2, -0.15) is 5.10 Å². The van der Waals surface area contributed by atoms with Crippen LogP contribution in [0.4, 0.5) is 5.69 Å². The number of fused-ring (bicyclic) bond motifs is 1. The first-order valence-corrected chi connectivity index (χ1v) is 8.11. The Morgan fingerprint density at radius 2 is 1.88 bits per heavy atom. The van der Waals surface area contributed by atoms with Gasteiger partial charge in [-0.05, 0) is 62.3 Å². The summed E-state index contributed by atoms with van der Waals surface area (Å²) < 4.78 is 5.78. The molecule has 0 amide bonds. The molecule has 0 saturated carbocycles. The van der Waals surface area contributed by atoms with E-state index in [1.807, 2.05) is 51.1 Å². The number of aryl methyl sites for hydroxylation is 2. The number of nitrogens with one attached hydrogen (secondary N) is 2. The van der Waals surface area contributed by atoms with Gasteiger partial charge in [-0.15, -0.1) is 0 Å². The topological polar surface area (TPSA) is 49.6 Å². The monoisotopic (exact) mass is 337 g/mol. The number of nitrogens with zero attached hydrogens (tertiary/aromatic N) is 1. The highest BCUT2D eigenvalue weighted by Gasteiger charge is 2.07. The van der Waals surface area contributed by atoms with Crippen molar-refractivity contribution in [1.82, 2.24) is 5.43 Å². The quantitative estimate of drug-likeness (QED) is 0.411. The summed E-state index contributed by atoms with van der Waals surface area (Å²) >= 11 is 5.31. The molecule has 0 aliphatic rings. The van der Waals surface area contributed by atoms with E-state index in [1.54, 1.807) is 0 Å². The third-order valence-corrected chi connectivity index (χ3v) is 3.94. The van der Waals surface area contributed by atoms with Crippen LogP contribution in [-0.4, -0.2) is 10.8 Å². The van der Waals surface area contributed by atoms with E-state index in [-0.39, 0.29) is 0 Å². The van der Waals surface area contributed by atoms with E-state index < -0.39 is 0 Å². The lowest BCUT2D eigenvalue weighted by Gasteiger charge is -2.11. The van der Waals surface area contributed by atoms with Crippen LogP contribution >= 0.6 is 12.2 Å². The Morgan fingerprint density at radius 3 is 2.67 bits per heavy atom. The minimum Gasteiger partial charge on any atom is -0.455 e. The molecule has 0 bridgehead atoms. The van der Waals surface area contributed by atoms with Crippen molar-refractivity contribution in [2.45, 2.75) is 20.8 Å². The third kappa shape index (κ3) is 3.63. The molecule has 3 aromatic rings. The molecule has 0 aliphatic carbocycles. The molecule has 122 valence electrons. The molecule has 0 aliphatic heterocycles. The summed E-state index contributed by atoms with van der Waals surface area (Å²) in [6.07, 6.45) is 0. The standard InChI is InChI=1S/C19H19N3OS/c1-12-8-9-13(2)16(10-12)20-19(24)22-21-14(3)18-11-15-6-4-5-7-17(15)23-18/h4-11H,1-3H3,(H2,20,22,24)/b21-14-. The van der Waals surface area contributed by atoms with Gasteiger partial charge in [0.05, 0.1) is 0 Å². The Kier molecular flexibility index (Phi) is 4.62. The lowest BCUT2D eigenvalue weighted by molar-refractivity contribution is 0.603. The number of hydrogen-bond donors (Lipinski definition) is 2. The van der Waals surface area contributed by atoms with Crippen molar-refractivity contribution in [3.8, 4) is 0 Å². The Labute approximate surface area is 146 Å². The Hall–Kier alpha value is -2.66. The fourth-order valence-corrected chi connectivity index (χ4v) is 2.53. The van der Waals surface area contributed by atoms with Crippen molar-refractivity contribution in [2.75, 3.05) is 5.32 Å². The van der Waals surface area contributed by atoms with Crippen LogP contribution in [0.5, 0.6) is 0 Å². The van der Waals surface area contributed by atoms with Crippen molar-refractivity contribution in [1.29, 1.82) is 0 Å². The molecule has 3 rings (SSSR count). The number of para-hydroxylation sites is 1. The van der Waals surface area contributed by atoms with E-state index in [9.17, 15) is 0 Å². The van der Waals surface area contributed by atoms with Crippen LogP contribution in [0.15, 0.2) is 58.0 Å². The molecule has 2 N–H and O–H groups in total. The molecule has 24 heavy (non-hydrogen) atoms. The molecule has 0 spiro atoms. The SMILES string of the molecule is C/C(=N/NC(=S)Nc1cc(C)ccc1C)c1cc2ccccc2o1. The van der Waals surface area contributed by atoms with E-state index in [0.29, 0.717) is 5.11 Å². The summed E-state index contributed by atoms with van der Waals surface area (Å²) in [4.78, 5) is 0. The highest BCUT2D eigenvalue weighted by Crippen LogP contribution is 2.19. The number of hydrazone groups is 1. The second-order valence-corrected chi connectivity index (χ2v) is 6.14. The van der Waals surface area contributed by atoms with Crippen LogP contribution in [-0.2, 0) is 0 Å². The lowest BCUT2D eigenvalue weighted by atomic mass is 10.1. The molecule has 1 heterocycles. The zero-order valence-electron chi connectivity index (χ0n) is 13.9. The molecule has 2 aromatic carbocycles. The highest BCUT2D eigenvalue weighted by molar-refractivity contribution is 7.80. The van der Waals surface area contributed by atoms with Gasteiger partial charge in [0.1, 0.15) is 11.3 Å². The fourth-order valence-electron chi connectivity index (χ4n) is 2.37. The molecule has 4 nitrogen and oxygen atoms in total. The smallest absolute Gasteiger partial charge is 0.191 e. The minimum absolute atomic E-state index is 0.444. The largest absolute Gasteiger partial charge is 0.455 e. The average Bonchev–Trinajstić information content (AvgIpc) is 3.00. The zero-order chi connectivity index (χ0) is 17.1. The van der Waals surface area contributed by atoms with Crippen molar-refractivity contribution in [3.63, 3.8) is 0 Å². The summed E-state index contributed by atoms with van der Waals surface area (Å²) in [5.41, 5.74) is 7.72. The molecule has 0 fully saturated rings. The number of hydrogen-bond acceptors (Lipinski definition) is 3. The summed E-state index contributed by atoms with van der Waals surface area (Å²) in [7, 11) is 0. The first kappa shape index (κ1) is 16.2. The lowest BCUT2D eigenvalue weighted by Crippen LogP contribution is -2.25. The maximum atomic E-state index is 5.78. The van der Waals surface area contributed by atoms with Crippen LogP contribution < -0.4 is 10.7 Å². The number of benzene rings is 2. The van der Waals surface area contributed by atoms with Crippen molar-refractivity contribution in [2.24, 2.45) is 5.10 Å². The van der Waals surface area contributed by atoms with Crippen LogP contribution in [0.2, 0.25) is 0 Å². The third-order valence-electron chi connectivity index (χ3n) is 3.75. The minimum atomic E-state index is 0.444. The average molecular weight is 337 g/mol. The summed E-state index contributed by atoms with van der Waals surface area (Å²) in [6, 6.07) is 16.0.